The molecule has 142 valence electrons. The number of rotatable bonds is 3. The molecule has 2 aromatic rings. The molecule has 1 saturated carbocycles. The molecule has 0 saturated heterocycles. The minimum absolute atomic E-state index is 0.0386. The van der Waals surface area contributed by atoms with E-state index >= 15 is 0 Å². The summed E-state index contributed by atoms with van der Waals surface area (Å²) >= 11 is 0. The van der Waals surface area contributed by atoms with Crippen LogP contribution in [-0.2, 0) is 11.0 Å². The minimum atomic E-state index is -4.82. The van der Waals surface area contributed by atoms with Gasteiger partial charge in [0, 0.05) is 11.6 Å². The van der Waals surface area contributed by atoms with Crippen LogP contribution < -0.4 is 14.8 Å². The molecule has 1 aliphatic heterocycles. The van der Waals surface area contributed by atoms with Crippen LogP contribution in [0.2, 0.25) is 0 Å². The predicted molar refractivity (Wildman–Crippen MR) is 88.3 cm³/mol. The Morgan fingerprint density at radius 2 is 1.78 bits per heavy atom. The normalized spacial score (nSPS) is 20.9. The van der Waals surface area contributed by atoms with Gasteiger partial charge in [0.2, 0.25) is 5.91 Å². The van der Waals surface area contributed by atoms with Crippen molar-refractivity contribution < 1.29 is 31.8 Å². The Morgan fingerprint density at radius 3 is 2.52 bits per heavy atom. The maximum Gasteiger partial charge on any atom is 0.419 e. The summed E-state index contributed by atoms with van der Waals surface area (Å²) in [6.07, 6.45) is -4.24. The van der Waals surface area contributed by atoms with Gasteiger partial charge in [0.05, 0.1) is 5.56 Å². The fraction of sp³-hybridized carbons (Fsp3) is 0.316. The fourth-order valence-corrected chi connectivity index (χ4v) is 3.20. The van der Waals surface area contributed by atoms with Crippen LogP contribution in [0.3, 0.4) is 0 Å². The number of carbonyl (C=O) groups is 1. The van der Waals surface area contributed by atoms with Crippen molar-refractivity contribution >= 4 is 11.6 Å². The van der Waals surface area contributed by atoms with Crippen LogP contribution in [0.5, 0.6) is 11.5 Å². The van der Waals surface area contributed by atoms with Gasteiger partial charge in [0.1, 0.15) is 19.0 Å². The Balaban J connectivity index is 1.45. The van der Waals surface area contributed by atoms with Crippen LogP contribution in [0.15, 0.2) is 36.4 Å². The van der Waals surface area contributed by atoms with E-state index in [1.54, 1.807) is 6.07 Å². The molecule has 0 bridgehead atoms. The average molecular weight is 381 g/mol. The summed E-state index contributed by atoms with van der Waals surface area (Å²) in [5, 5.41) is 2.44. The lowest BCUT2D eigenvalue weighted by atomic mass is 10.1. The van der Waals surface area contributed by atoms with Gasteiger partial charge in [-0.3, -0.25) is 4.79 Å². The van der Waals surface area contributed by atoms with Gasteiger partial charge in [-0.2, -0.15) is 13.2 Å². The fourth-order valence-electron chi connectivity index (χ4n) is 3.20. The van der Waals surface area contributed by atoms with Crippen molar-refractivity contribution in [2.75, 3.05) is 18.5 Å². The van der Waals surface area contributed by atoms with Crippen LogP contribution in [0.1, 0.15) is 23.5 Å². The van der Waals surface area contributed by atoms with Gasteiger partial charge in [-0.05, 0) is 48.2 Å². The van der Waals surface area contributed by atoms with Gasteiger partial charge >= 0.3 is 6.18 Å². The molecule has 1 N–H and O–H groups in total. The minimum Gasteiger partial charge on any atom is -0.486 e. The van der Waals surface area contributed by atoms with Crippen molar-refractivity contribution in [1.29, 1.82) is 0 Å². The van der Waals surface area contributed by atoms with Gasteiger partial charge in [-0.1, -0.05) is 6.07 Å². The number of carbonyl (C=O) groups excluding carboxylic acids is 1. The zero-order valence-corrected chi connectivity index (χ0v) is 14.0. The van der Waals surface area contributed by atoms with Gasteiger partial charge in [0.15, 0.2) is 11.5 Å². The van der Waals surface area contributed by atoms with Gasteiger partial charge in [0.25, 0.3) is 0 Å². The first-order valence-electron chi connectivity index (χ1n) is 8.40. The smallest absolute Gasteiger partial charge is 0.419 e. The molecule has 1 amide bonds. The van der Waals surface area contributed by atoms with E-state index in [0.717, 1.165) is 11.6 Å². The number of ether oxygens (including phenoxy) is 2. The number of benzene rings is 2. The summed E-state index contributed by atoms with van der Waals surface area (Å²) in [6.45, 7) is 0.940. The second kappa shape index (κ2) is 6.44. The summed E-state index contributed by atoms with van der Waals surface area (Å²) in [4.78, 5) is 12.4. The molecule has 2 atom stereocenters. The highest BCUT2D eigenvalue weighted by Crippen LogP contribution is 2.50. The standard InChI is InChI=1S/C19H15F4NO3/c20-15-3-2-11(8-14(15)19(21,22)23)24-18(25)13-9-12(13)10-1-4-16-17(7-10)27-6-5-26-16/h1-4,7-8,12-13H,5-6,9H2,(H,24,25)/t12-,13+/m1/s1. The third kappa shape index (κ3) is 3.56. The Bertz CT molecular complexity index is 897. The number of amides is 1. The van der Waals surface area contributed by atoms with Crippen molar-refractivity contribution in [3.8, 4) is 11.5 Å². The van der Waals surface area contributed by atoms with E-state index < -0.39 is 23.5 Å². The van der Waals surface area contributed by atoms with E-state index in [1.807, 2.05) is 12.1 Å². The lowest BCUT2D eigenvalue weighted by molar-refractivity contribution is -0.140. The predicted octanol–water partition coefficient (Wildman–Crippen LogP) is 4.36. The second-order valence-corrected chi connectivity index (χ2v) is 6.53. The highest BCUT2D eigenvalue weighted by Gasteiger charge is 2.44. The van der Waals surface area contributed by atoms with E-state index in [4.69, 9.17) is 9.47 Å². The summed E-state index contributed by atoms with van der Waals surface area (Å²) in [6, 6.07) is 7.88. The van der Waals surface area contributed by atoms with Crippen LogP contribution in [0.25, 0.3) is 0 Å². The van der Waals surface area contributed by atoms with E-state index in [1.165, 1.54) is 0 Å². The van der Waals surface area contributed by atoms with Crippen molar-refractivity contribution in [3.05, 3.63) is 53.3 Å². The third-order valence-electron chi connectivity index (χ3n) is 4.66. The maximum absolute atomic E-state index is 13.3. The molecule has 2 aliphatic rings. The van der Waals surface area contributed by atoms with Crippen molar-refractivity contribution in [3.63, 3.8) is 0 Å². The van der Waals surface area contributed by atoms with Gasteiger partial charge < -0.3 is 14.8 Å². The highest BCUT2D eigenvalue weighted by molar-refractivity contribution is 5.95. The van der Waals surface area contributed by atoms with Gasteiger partial charge in [-0.15, -0.1) is 0 Å². The second-order valence-electron chi connectivity index (χ2n) is 6.53. The number of alkyl halides is 3. The Hall–Kier alpha value is -2.77. The molecule has 4 rings (SSSR count). The highest BCUT2D eigenvalue weighted by atomic mass is 19.4. The van der Waals surface area contributed by atoms with Crippen LogP contribution in [0, 0.1) is 11.7 Å². The zero-order valence-electron chi connectivity index (χ0n) is 14.0. The van der Waals surface area contributed by atoms with Crippen molar-refractivity contribution in [2.45, 2.75) is 18.5 Å². The Labute approximate surface area is 152 Å². The molecule has 0 unspecified atom stereocenters. The number of hydrogen-bond donors (Lipinski definition) is 1. The number of hydrogen-bond acceptors (Lipinski definition) is 3. The Morgan fingerprint density at radius 1 is 1.04 bits per heavy atom. The molecule has 8 heteroatoms. The first-order valence-corrected chi connectivity index (χ1v) is 8.40. The van der Waals surface area contributed by atoms with Gasteiger partial charge in [-0.25, -0.2) is 4.39 Å². The van der Waals surface area contributed by atoms with Crippen LogP contribution >= 0.6 is 0 Å². The van der Waals surface area contributed by atoms with E-state index in [-0.39, 0.29) is 17.5 Å². The summed E-state index contributed by atoms with van der Waals surface area (Å²) in [7, 11) is 0. The molecule has 1 fully saturated rings. The van der Waals surface area contributed by atoms with Crippen LogP contribution in [0.4, 0.5) is 23.2 Å². The lowest BCUT2D eigenvalue weighted by Crippen LogP contribution is -2.16. The molecule has 1 heterocycles. The summed E-state index contributed by atoms with van der Waals surface area (Å²) in [5.74, 6) is -0.887. The molecule has 27 heavy (non-hydrogen) atoms. The first-order chi connectivity index (χ1) is 12.8. The van der Waals surface area contributed by atoms with E-state index in [9.17, 15) is 22.4 Å². The monoisotopic (exact) mass is 381 g/mol. The van der Waals surface area contributed by atoms with E-state index in [0.29, 0.717) is 43.3 Å². The molecule has 4 nitrogen and oxygen atoms in total. The zero-order chi connectivity index (χ0) is 19.2. The number of fused-ring (bicyclic) bond motifs is 1. The molecule has 0 spiro atoms. The number of nitrogens with one attached hydrogen (secondary N) is 1. The molecular formula is C19H15F4NO3. The average Bonchev–Trinajstić information content (AvgIpc) is 3.43. The SMILES string of the molecule is O=C(Nc1ccc(F)c(C(F)(F)F)c1)[C@H]1C[C@@H]1c1ccc2c(c1)OCCO2. The maximum atomic E-state index is 13.3. The largest absolute Gasteiger partial charge is 0.486 e. The number of halogens is 4. The first kappa shape index (κ1) is 17.6. The molecule has 0 aromatic heterocycles. The van der Waals surface area contributed by atoms with E-state index in [2.05, 4.69) is 5.32 Å². The summed E-state index contributed by atoms with van der Waals surface area (Å²) < 4.78 is 62.7. The molecule has 2 aromatic carbocycles. The third-order valence-corrected chi connectivity index (χ3v) is 4.66. The van der Waals surface area contributed by atoms with Crippen LogP contribution in [-0.4, -0.2) is 19.1 Å². The summed E-state index contributed by atoms with van der Waals surface area (Å²) in [5.41, 5.74) is -0.574. The molecular weight excluding hydrogens is 366 g/mol. The lowest BCUT2D eigenvalue weighted by Gasteiger charge is -2.18. The van der Waals surface area contributed by atoms with Crippen molar-refractivity contribution in [1.82, 2.24) is 0 Å². The van der Waals surface area contributed by atoms with Crippen molar-refractivity contribution in [2.24, 2.45) is 5.92 Å². The topological polar surface area (TPSA) is 47.6 Å². The molecule has 1 aliphatic carbocycles. The number of anilines is 1. The molecule has 0 radical (unpaired) electrons. The quantitative estimate of drug-likeness (QED) is 0.804. The Kier molecular flexibility index (Phi) is 4.20.